The van der Waals surface area contributed by atoms with Crippen LogP contribution in [0.2, 0.25) is 0 Å². The molecule has 176 valence electrons. The largest absolute Gasteiger partial charge is 0.496 e. The Morgan fingerprint density at radius 3 is 2.06 bits per heavy atom. The summed E-state index contributed by atoms with van der Waals surface area (Å²) in [5, 5.41) is 0. The number of likely N-dealkylation sites (tertiary alicyclic amines) is 1. The maximum atomic E-state index is 6.52. The predicted octanol–water partition coefficient (Wildman–Crippen LogP) is 6.78. The Hall–Kier alpha value is -2.62. The van der Waals surface area contributed by atoms with Crippen LogP contribution in [0.4, 0.5) is 0 Å². The first-order chi connectivity index (χ1) is 16.8. The molecule has 1 aliphatic heterocycles. The van der Waals surface area contributed by atoms with Crippen LogP contribution in [0, 0.1) is 5.92 Å². The van der Waals surface area contributed by atoms with Gasteiger partial charge in [0.05, 0.1) is 13.7 Å². The molecule has 3 heteroatoms. The zero-order valence-corrected chi connectivity index (χ0v) is 20.2. The SMILES string of the molecule is COc1ccccc1CCCN1CCC(COC(c2ccccc2)c2ccccc2)CC1.[3H]C. The second kappa shape index (κ2) is 13.2. The van der Waals surface area contributed by atoms with Gasteiger partial charge in [0.15, 0.2) is 0 Å². The number of ether oxygens (including phenoxy) is 2. The summed E-state index contributed by atoms with van der Waals surface area (Å²) >= 11 is 0. The summed E-state index contributed by atoms with van der Waals surface area (Å²) in [5.74, 6) is 1.64. The van der Waals surface area contributed by atoms with Gasteiger partial charge in [-0.05, 0) is 74.0 Å². The van der Waals surface area contributed by atoms with Gasteiger partial charge >= 0.3 is 0 Å². The van der Waals surface area contributed by atoms with Crippen molar-refractivity contribution in [2.45, 2.75) is 39.2 Å². The van der Waals surface area contributed by atoms with Crippen LogP contribution in [0.15, 0.2) is 84.9 Å². The Balaban J connectivity index is 0.00000158. The summed E-state index contributed by atoms with van der Waals surface area (Å²) in [6, 6.07) is 29.6. The molecule has 0 bridgehead atoms. The predicted molar refractivity (Wildman–Crippen MR) is 138 cm³/mol. The number of hydrogen-bond donors (Lipinski definition) is 0. The van der Waals surface area contributed by atoms with Crippen molar-refractivity contribution in [3.63, 3.8) is 0 Å². The maximum Gasteiger partial charge on any atom is 0.122 e. The molecule has 1 fully saturated rings. The monoisotopic (exact) mass is 447 g/mol. The molecule has 1 aliphatic rings. The van der Waals surface area contributed by atoms with E-state index in [2.05, 4.69) is 83.8 Å². The average Bonchev–Trinajstić information content (AvgIpc) is 2.92. The lowest BCUT2D eigenvalue weighted by Gasteiger charge is -2.32. The highest BCUT2D eigenvalue weighted by Crippen LogP contribution is 2.28. The number of piperidine rings is 1. The van der Waals surface area contributed by atoms with Crippen LogP contribution in [-0.2, 0) is 11.2 Å². The van der Waals surface area contributed by atoms with E-state index >= 15 is 0 Å². The normalized spacial score (nSPS) is 14.9. The molecule has 3 nitrogen and oxygen atoms in total. The Bertz CT molecular complexity index is 887. The molecule has 0 unspecified atom stereocenters. The first-order valence-electron chi connectivity index (χ1n) is 12.9. The minimum absolute atomic E-state index is 0.0104. The molecule has 1 heterocycles. The van der Waals surface area contributed by atoms with Gasteiger partial charge in [-0.3, -0.25) is 0 Å². The average molecular weight is 448 g/mol. The number of rotatable bonds is 10. The highest BCUT2D eigenvalue weighted by atomic mass is 16.5. The van der Waals surface area contributed by atoms with E-state index in [9.17, 15) is 0 Å². The molecule has 0 saturated carbocycles. The standard InChI is InChI=1S/C29H35NO2.CH4/c1-31-28-17-9-8-11-25(28)16-10-20-30-21-18-24(19-22-30)23-32-29(26-12-4-2-5-13-26)27-14-6-3-7-15-27;/h2-9,11-15,17,24,29H,10,16,18-23H2,1H3;1H4/i;1T. The van der Waals surface area contributed by atoms with Gasteiger partial charge in [-0.2, -0.15) is 0 Å². The quantitative estimate of drug-likeness (QED) is 0.342. The molecule has 0 amide bonds. The van der Waals surface area contributed by atoms with E-state index in [0.29, 0.717) is 5.92 Å². The van der Waals surface area contributed by atoms with E-state index in [1.54, 1.807) is 7.11 Å². The lowest BCUT2D eigenvalue weighted by molar-refractivity contribution is 0.0309. The third kappa shape index (κ3) is 7.18. The summed E-state index contributed by atoms with van der Waals surface area (Å²) in [5.41, 5.74) is 3.77. The third-order valence-corrected chi connectivity index (χ3v) is 6.52. The molecule has 3 aromatic carbocycles. The number of nitrogens with zero attached hydrogens (tertiary/aromatic N) is 1. The first-order valence-corrected chi connectivity index (χ1v) is 11.9. The van der Waals surface area contributed by atoms with Gasteiger partial charge in [-0.25, -0.2) is 0 Å². The van der Waals surface area contributed by atoms with Crippen LogP contribution in [0.3, 0.4) is 0 Å². The molecular weight excluding hydrogens is 406 g/mol. The molecule has 0 atom stereocenters. The van der Waals surface area contributed by atoms with Gasteiger partial charge < -0.3 is 14.4 Å². The summed E-state index contributed by atoms with van der Waals surface area (Å²) in [4.78, 5) is 2.61. The fraction of sp³-hybridized carbons (Fsp3) is 0.400. The highest BCUT2D eigenvalue weighted by molar-refractivity contribution is 5.33. The fourth-order valence-electron chi connectivity index (χ4n) is 4.65. The zero-order valence-electron chi connectivity index (χ0n) is 21.2. The van der Waals surface area contributed by atoms with Crippen molar-refractivity contribution in [3.05, 3.63) is 102 Å². The minimum atomic E-state index is 0.0104. The molecule has 4 rings (SSSR count). The summed E-state index contributed by atoms with van der Waals surface area (Å²) in [7, 11) is 3.01. The van der Waals surface area contributed by atoms with E-state index in [4.69, 9.17) is 10.8 Å². The van der Waals surface area contributed by atoms with Crippen LogP contribution < -0.4 is 4.74 Å². The van der Waals surface area contributed by atoms with Crippen LogP contribution in [0.5, 0.6) is 5.75 Å². The Kier molecular flexibility index (Phi) is 9.40. The van der Waals surface area contributed by atoms with Crippen molar-refractivity contribution in [2.24, 2.45) is 5.92 Å². The van der Waals surface area contributed by atoms with Crippen LogP contribution >= 0.6 is 0 Å². The number of benzene rings is 3. The topological polar surface area (TPSA) is 21.7 Å². The van der Waals surface area contributed by atoms with E-state index in [0.717, 1.165) is 25.3 Å². The van der Waals surface area contributed by atoms with Gasteiger partial charge in [0.2, 0.25) is 0 Å². The lowest BCUT2D eigenvalue weighted by atomic mass is 9.96. The number of para-hydroxylation sites is 1. The molecule has 33 heavy (non-hydrogen) atoms. The van der Waals surface area contributed by atoms with Gasteiger partial charge in [-0.15, -0.1) is 0 Å². The second-order valence-corrected chi connectivity index (χ2v) is 8.74. The van der Waals surface area contributed by atoms with Crippen molar-refractivity contribution in [1.29, 1.82) is 0 Å². The molecule has 1 saturated heterocycles. The molecule has 0 N–H and O–H groups in total. The van der Waals surface area contributed by atoms with Crippen LogP contribution in [0.25, 0.3) is 0 Å². The zero-order chi connectivity index (χ0) is 24.0. The molecule has 3 aromatic rings. The second-order valence-electron chi connectivity index (χ2n) is 8.74. The van der Waals surface area contributed by atoms with Crippen LogP contribution in [-0.4, -0.2) is 38.3 Å². The summed E-state index contributed by atoms with van der Waals surface area (Å²) < 4.78 is 17.8. The van der Waals surface area contributed by atoms with Crippen LogP contribution in [0.1, 0.15) is 50.8 Å². The van der Waals surface area contributed by atoms with E-state index in [1.807, 2.05) is 6.07 Å². The van der Waals surface area contributed by atoms with E-state index in [-0.39, 0.29) is 6.10 Å². The Labute approximate surface area is 201 Å². The first kappa shape index (κ1) is 23.5. The van der Waals surface area contributed by atoms with Crippen molar-refractivity contribution >= 4 is 0 Å². The Morgan fingerprint density at radius 1 is 0.879 bits per heavy atom. The summed E-state index contributed by atoms with van der Waals surface area (Å²) in [6.07, 6.45) is 4.68. The fourth-order valence-corrected chi connectivity index (χ4v) is 4.65. The molecule has 0 radical (unpaired) electrons. The highest BCUT2D eigenvalue weighted by Gasteiger charge is 2.22. The van der Waals surface area contributed by atoms with Crippen molar-refractivity contribution in [3.8, 4) is 5.75 Å². The van der Waals surface area contributed by atoms with Gasteiger partial charge in [0, 0.05) is 1.37 Å². The molecule has 0 spiro atoms. The van der Waals surface area contributed by atoms with Crippen molar-refractivity contribution in [1.82, 2.24) is 4.90 Å². The van der Waals surface area contributed by atoms with Gasteiger partial charge in [0.1, 0.15) is 11.9 Å². The maximum absolute atomic E-state index is 6.52. The minimum Gasteiger partial charge on any atom is -0.496 e. The lowest BCUT2D eigenvalue weighted by Crippen LogP contribution is -2.36. The molecular formula is C30H39NO2. The Morgan fingerprint density at radius 2 is 1.45 bits per heavy atom. The summed E-state index contributed by atoms with van der Waals surface area (Å²) in [6.45, 7) is 4.31. The van der Waals surface area contributed by atoms with Gasteiger partial charge in [-0.1, -0.05) is 86.3 Å². The van der Waals surface area contributed by atoms with Crippen molar-refractivity contribution in [2.75, 3.05) is 33.4 Å². The van der Waals surface area contributed by atoms with Crippen molar-refractivity contribution < 1.29 is 10.8 Å². The number of methoxy groups -OCH3 is 1. The van der Waals surface area contributed by atoms with E-state index in [1.165, 1.54) is 56.4 Å². The smallest absolute Gasteiger partial charge is 0.122 e. The molecule has 0 aliphatic carbocycles. The number of aryl methyl sites for hydroxylation is 1. The molecule has 0 aromatic heterocycles. The van der Waals surface area contributed by atoms with Gasteiger partial charge in [0.25, 0.3) is 0 Å². The number of hydrogen-bond acceptors (Lipinski definition) is 3. The third-order valence-electron chi connectivity index (χ3n) is 6.52. The van der Waals surface area contributed by atoms with E-state index < -0.39 is 0 Å².